The number of aliphatic hydroxyl groups is 2. The lowest BCUT2D eigenvalue weighted by atomic mass is 9.91. The van der Waals surface area contributed by atoms with E-state index in [2.05, 4.69) is 6.58 Å². The average molecular weight is 204 g/mol. The third-order valence-corrected chi connectivity index (χ3v) is 2.05. The van der Waals surface area contributed by atoms with Gasteiger partial charge in [-0.3, -0.25) is 0 Å². The fourth-order valence-electron chi connectivity index (χ4n) is 1.40. The maximum Gasteiger partial charge on any atom is 0.108 e. The van der Waals surface area contributed by atoms with E-state index in [4.69, 9.17) is 5.11 Å². The molecule has 0 amide bonds. The third-order valence-electron chi connectivity index (χ3n) is 2.05. The largest absolute Gasteiger partial charge is 0.509 e. The van der Waals surface area contributed by atoms with Gasteiger partial charge in [0.1, 0.15) is 5.76 Å². The van der Waals surface area contributed by atoms with Crippen LogP contribution in [0.5, 0.6) is 0 Å². The van der Waals surface area contributed by atoms with Crippen molar-refractivity contribution in [3.63, 3.8) is 0 Å². The van der Waals surface area contributed by atoms with E-state index in [1.54, 1.807) is 13.8 Å². The highest BCUT2D eigenvalue weighted by molar-refractivity contribution is 5.72. The van der Waals surface area contributed by atoms with Gasteiger partial charge in [-0.05, 0) is 31.1 Å². The molecule has 0 aliphatic rings. The first-order chi connectivity index (χ1) is 6.91. The molecule has 0 unspecified atom stereocenters. The van der Waals surface area contributed by atoms with Crippen molar-refractivity contribution in [3.05, 3.63) is 54.3 Å². The molecular weight excluding hydrogens is 188 g/mol. The van der Waals surface area contributed by atoms with Crippen molar-refractivity contribution in [1.82, 2.24) is 0 Å². The second kappa shape index (κ2) is 4.32. The Balaban J connectivity index is 3.20. The summed E-state index contributed by atoms with van der Waals surface area (Å²) in [6.45, 7) is 6.75. The van der Waals surface area contributed by atoms with Crippen molar-refractivity contribution in [2.75, 3.05) is 0 Å². The highest BCUT2D eigenvalue weighted by atomic mass is 16.3. The Morgan fingerprint density at radius 1 is 1.27 bits per heavy atom. The molecule has 1 aromatic carbocycles. The molecule has 0 saturated heterocycles. The van der Waals surface area contributed by atoms with Gasteiger partial charge in [0, 0.05) is 0 Å². The van der Waals surface area contributed by atoms with Crippen LogP contribution in [0.1, 0.15) is 19.4 Å². The van der Waals surface area contributed by atoms with Gasteiger partial charge in [0.25, 0.3) is 0 Å². The Bertz CT molecular complexity index is 369. The van der Waals surface area contributed by atoms with Crippen molar-refractivity contribution in [1.29, 1.82) is 0 Å². The van der Waals surface area contributed by atoms with Gasteiger partial charge in [-0.1, -0.05) is 36.9 Å². The summed E-state index contributed by atoms with van der Waals surface area (Å²) in [5.74, 6) is -0.0593. The number of allylic oxidation sites excluding steroid dienone is 1. The molecule has 80 valence electrons. The van der Waals surface area contributed by atoms with Crippen molar-refractivity contribution < 1.29 is 10.2 Å². The summed E-state index contributed by atoms with van der Waals surface area (Å²) >= 11 is 0. The molecule has 0 heterocycles. The third kappa shape index (κ3) is 3.26. The summed E-state index contributed by atoms with van der Waals surface area (Å²) in [7, 11) is 0. The molecule has 0 radical (unpaired) electrons. The highest BCUT2D eigenvalue weighted by Crippen LogP contribution is 2.27. The fourth-order valence-corrected chi connectivity index (χ4v) is 1.40. The van der Waals surface area contributed by atoms with Gasteiger partial charge in [-0.2, -0.15) is 0 Å². The van der Waals surface area contributed by atoms with Crippen molar-refractivity contribution in [2.24, 2.45) is 0 Å². The summed E-state index contributed by atoms with van der Waals surface area (Å²) in [4.78, 5) is 0. The van der Waals surface area contributed by atoms with E-state index in [-0.39, 0.29) is 5.76 Å². The Morgan fingerprint density at radius 2 is 1.80 bits per heavy atom. The van der Waals surface area contributed by atoms with Crippen molar-refractivity contribution in [2.45, 2.75) is 19.4 Å². The molecule has 0 aliphatic heterocycles. The normalized spacial score (nSPS) is 12.6. The summed E-state index contributed by atoms with van der Waals surface area (Å²) in [5.41, 5.74) is 0.517. The molecule has 0 aliphatic carbocycles. The quantitative estimate of drug-likeness (QED) is 0.587. The molecule has 0 fully saturated rings. The number of hydrogen-bond acceptors (Lipinski definition) is 2. The van der Waals surface area contributed by atoms with Crippen molar-refractivity contribution in [3.8, 4) is 0 Å². The predicted octanol–water partition coefficient (Wildman–Crippen LogP) is 2.91. The minimum atomic E-state index is -1.01. The van der Waals surface area contributed by atoms with E-state index < -0.39 is 5.60 Å². The topological polar surface area (TPSA) is 40.5 Å². The monoisotopic (exact) mass is 204 g/mol. The van der Waals surface area contributed by atoms with E-state index >= 15 is 0 Å². The van der Waals surface area contributed by atoms with E-state index in [9.17, 15) is 5.11 Å². The molecule has 1 aromatic rings. The van der Waals surface area contributed by atoms with Crippen LogP contribution in [0.25, 0.3) is 5.57 Å². The number of benzene rings is 1. The van der Waals surface area contributed by atoms with Crippen LogP contribution in [-0.4, -0.2) is 15.8 Å². The maximum absolute atomic E-state index is 9.96. The summed E-state index contributed by atoms with van der Waals surface area (Å²) in [6, 6.07) is 9.43. The average Bonchev–Trinajstić information content (AvgIpc) is 2.14. The van der Waals surface area contributed by atoms with E-state index in [0.29, 0.717) is 5.57 Å². The van der Waals surface area contributed by atoms with Gasteiger partial charge in [0.2, 0.25) is 0 Å². The van der Waals surface area contributed by atoms with Gasteiger partial charge >= 0.3 is 0 Å². The molecule has 0 saturated carbocycles. The number of hydrogen-bond donors (Lipinski definition) is 2. The van der Waals surface area contributed by atoms with Gasteiger partial charge < -0.3 is 10.2 Å². The molecule has 1 rings (SSSR count). The number of aliphatic hydroxyl groups excluding tert-OH is 1. The van der Waals surface area contributed by atoms with Gasteiger partial charge in [0.15, 0.2) is 0 Å². The first-order valence-corrected chi connectivity index (χ1v) is 4.79. The molecule has 0 spiro atoms. The van der Waals surface area contributed by atoms with Gasteiger partial charge in [-0.15, -0.1) is 0 Å². The summed E-state index contributed by atoms with van der Waals surface area (Å²) < 4.78 is 0. The minimum Gasteiger partial charge on any atom is -0.509 e. The molecular formula is C13H16O2. The Kier molecular flexibility index (Phi) is 3.32. The number of rotatable bonds is 3. The maximum atomic E-state index is 9.96. The standard InChI is InChI=1S/C13H16O2/c1-10(14)9-12(13(2,3)15)11-7-5-4-6-8-11/h4-9,14-15H,1H2,2-3H3/b12-9-. The van der Waals surface area contributed by atoms with Crippen LogP contribution in [0.4, 0.5) is 0 Å². The molecule has 0 bridgehead atoms. The van der Waals surface area contributed by atoms with E-state index in [0.717, 1.165) is 5.56 Å². The lowest BCUT2D eigenvalue weighted by Crippen LogP contribution is -2.21. The second-order valence-corrected chi connectivity index (χ2v) is 3.97. The molecule has 15 heavy (non-hydrogen) atoms. The fraction of sp³-hybridized carbons (Fsp3) is 0.231. The molecule has 0 aromatic heterocycles. The lowest BCUT2D eigenvalue weighted by molar-refractivity contribution is 0.143. The van der Waals surface area contributed by atoms with Crippen LogP contribution in [0, 0.1) is 0 Å². The van der Waals surface area contributed by atoms with Crippen LogP contribution in [0.2, 0.25) is 0 Å². The van der Waals surface area contributed by atoms with E-state index in [1.165, 1.54) is 6.08 Å². The van der Waals surface area contributed by atoms with Crippen LogP contribution in [0.3, 0.4) is 0 Å². The zero-order valence-electron chi connectivity index (χ0n) is 9.07. The highest BCUT2D eigenvalue weighted by Gasteiger charge is 2.20. The Labute approximate surface area is 90.2 Å². The summed E-state index contributed by atoms with van der Waals surface area (Å²) in [6.07, 6.45) is 1.48. The zero-order chi connectivity index (χ0) is 11.5. The second-order valence-electron chi connectivity index (χ2n) is 3.97. The minimum absolute atomic E-state index is 0.0593. The lowest BCUT2D eigenvalue weighted by Gasteiger charge is -2.22. The first-order valence-electron chi connectivity index (χ1n) is 4.79. The smallest absolute Gasteiger partial charge is 0.108 e. The van der Waals surface area contributed by atoms with Crippen LogP contribution >= 0.6 is 0 Å². The molecule has 0 atom stereocenters. The Morgan fingerprint density at radius 3 is 2.20 bits per heavy atom. The SMILES string of the molecule is C=C(O)/C=C(/c1ccccc1)C(C)(C)O. The first kappa shape index (κ1) is 11.5. The van der Waals surface area contributed by atoms with E-state index in [1.807, 2.05) is 30.3 Å². The van der Waals surface area contributed by atoms with Crippen LogP contribution in [0.15, 0.2) is 48.7 Å². The van der Waals surface area contributed by atoms with Crippen LogP contribution < -0.4 is 0 Å². The van der Waals surface area contributed by atoms with Gasteiger partial charge in [-0.25, -0.2) is 0 Å². The predicted molar refractivity (Wildman–Crippen MR) is 62.5 cm³/mol. The zero-order valence-corrected chi connectivity index (χ0v) is 9.07. The summed E-state index contributed by atoms with van der Waals surface area (Å²) in [5, 5.41) is 19.1. The van der Waals surface area contributed by atoms with Gasteiger partial charge in [0.05, 0.1) is 5.60 Å². The molecule has 2 nitrogen and oxygen atoms in total. The molecule has 2 heteroatoms. The molecule has 2 N–H and O–H groups in total. The Hall–Kier alpha value is -1.54. The van der Waals surface area contributed by atoms with Crippen LogP contribution in [-0.2, 0) is 0 Å². The van der Waals surface area contributed by atoms with Crippen molar-refractivity contribution >= 4 is 5.57 Å².